The van der Waals surface area contributed by atoms with Crippen molar-refractivity contribution < 1.29 is 27.5 Å². The Bertz CT molecular complexity index is 1320. The normalized spacial score (nSPS) is 13.3. The zero-order valence-electron chi connectivity index (χ0n) is 18.2. The number of nitrogens with zero attached hydrogens (tertiary/aromatic N) is 3. The van der Waals surface area contributed by atoms with Gasteiger partial charge in [0.15, 0.2) is 5.78 Å². The number of Topliss-reactive ketones (excluding diaryl/α,β-unsaturated/α-hetero) is 1. The highest BCUT2D eigenvalue weighted by Crippen LogP contribution is 2.26. The number of carbonyl (C=O) groups is 2. The van der Waals surface area contributed by atoms with Crippen LogP contribution in [0.25, 0.3) is 0 Å². The monoisotopic (exact) mass is 505 g/mol. The molecule has 1 aliphatic heterocycles. The number of hydrogen-bond acceptors (Lipinski definition) is 5. The van der Waals surface area contributed by atoms with Gasteiger partial charge in [-0.25, -0.2) is 0 Å². The van der Waals surface area contributed by atoms with Gasteiger partial charge in [0.2, 0.25) is 0 Å². The topological polar surface area (TPSA) is 81.5 Å². The molecule has 0 fully saturated rings. The van der Waals surface area contributed by atoms with E-state index in [0.29, 0.717) is 22.0 Å². The molecule has 0 saturated carbocycles. The Morgan fingerprint density at radius 1 is 1.09 bits per heavy atom. The van der Waals surface area contributed by atoms with E-state index in [-0.39, 0.29) is 38.2 Å². The van der Waals surface area contributed by atoms with Crippen molar-refractivity contribution in [3.63, 3.8) is 0 Å². The van der Waals surface area contributed by atoms with E-state index in [1.807, 2.05) is 0 Å². The molecule has 4 rings (SSSR count). The molecule has 2 aromatic heterocycles. The molecule has 0 aliphatic carbocycles. The smallest absolute Gasteiger partial charge is 0.471 e. The first-order valence-corrected chi connectivity index (χ1v) is 10.9. The Balaban J connectivity index is 1.42. The molecule has 0 atom stereocenters. The summed E-state index contributed by atoms with van der Waals surface area (Å²) in [6, 6.07) is 10.9. The molecule has 182 valence electrons. The molecular formula is C24H19ClF3N3O4. The minimum atomic E-state index is -4.95. The third-order valence-electron chi connectivity index (χ3n) is 5.53. The van der Waals surface area contributed by atoms with Crippen LogP contribution in [-0.4, -0.2) is 38.9 Å². The molecule has 3 aromatic rings. The maximum absolute atomic E-state index is 12.8. The predicted molar refractivity (Wildman–Crippen MR) is 120 cm³/mol. The van der Waals surface area contributed by atoms with Crippen molar-refractivity contribution in [2.45, 2.75) is 32.3 Å². The highest BCUT2D eigenvalue weighted by Gasteiger charge is 2.43. The van der Waals surface area contributed by atoms with E-state index in [4.69, 9.17) is 16.3 Å². The molecule has 0 radical (unpaired) electrons. The second kappa shape index (κ2) is 9.91. The van der Waals surface area contributed by atoms with Crippen LogP contribution in [0, 0.1) is 0 Å². The Morgan fingerprint density at radius 2 is 1.89 bits per heavy atom. The third-order valence-corrected chi connectivity index (χ3v) is 5.75. The molecule has 0 spiro atoms. The van der Waals surface area contributed by atoms with Crippen molar-refractivity contribution in [1.29, 1.82) is 0 Å². The number of hydrogen-bond donors (Lipinski definition) is 0. The maximum atomic E-state index is 12.8. The number of ketones is 1. The molecule has 0 unspecified atom stereocenters. The zero-order valence-corrected chi connectivity index (χ0v) is 19.0. The van der Waals surface area contributed by atoms with Crippen LogP contribution in [0.2, 0.25) is 5.02 Å². The van der Waals surface area contributed by atoms with Crippen LogP contribution in [0.15, 0.2) is 59.7 Å². The highest BCUT2D eigenvalue weighted by molar-refractivity contribution is 6.30. The van der Waals surface area contributed by atoms with Crippen LogP contribution in [0.5, 0.6) is 5.75 Å². The average molecular weight is 506 g/mol. The van der Waals surface area contributed by atoms with E-state index in [2.05, 4.69) is 4.98 Å². The number of benzene rings is 1. The first-order chi connectivity index (χ1) is 16.6. The van der Waals surface area contributed by atoms with Crippen LogP contribution in [0.1, 0.15) is 27.2 Å². The van der Waals surface area contributed by atoms with Gasteiger partial charge in [-0.3, -0.25) is 19.4 Å². The number of pyridine rings is 2. The molecule has 0 saturated heterocycles. The number of carbonyl (C=O) groups excluding carboxylic acids is 2. The highest BCUT2D eigenvalue weighted by atomic mass is 35.5. The van der Waals surface area contributed by atoms with E-state index in [1.54, 1.807) is 24.3 Å². The lowest BCUT2D eigenvalue weighted by molar-refractivity contribution is -0.186. The van der Waals surface area contributed by atoms with Gasteiger partial charge < -0.3 is 14.2 Å². The van der Waals surface area contributed by atoms with Gasteiger partial charge in [0.25, 0.3) is 5.56 Å². The largest absolute Gasteiger partial charge is 0.487 e. The van der Waals surface area contributed by atoms with E-state index in [9.17, 15) is 27.6 Å². The van der Waals surface area contributed by atoms with Crippen LogP contribution in [-0.2, 0) is 30.9 Å². The number of ether oxygens (including phenoxy) is 1. The molecule has 1 amide bonds. The van der Waals surface area contributed by atoms with Crippen LogP contribution < -0.4 is 10.3 Å². The summed E-state index contributed by atoms with van der Waals surface area (Å²) < 4.78 is 45.1. The van der Waals surface area contributed by atoms with Crippen molar-refractivity contribution in [2.75, 3.05) is 6.54 Å². The number of rotatable bonds is 6. The summed E-state index contributed by atoms with van der Waals surface area (Å²) in [6.45, 7) is -0.413. The fourth-order valence-corrected chi connectivity index (χ4v) is 3.80. The van der Waals surface area contributed by atoms with Crippen molar-refractivity contribution in [3.8, 4) is 5.75 Å². The van der Waals surface area contributed by atoms with Crippen molar-refractivity contribution >= 4 is 23.3 Å². The van der Waals surface area contributed by atoms with Crippen molar-refractivity contribution in [1.82, 2.24) is 14.5 Å². The van der Waals surface area contributed by atoms with E-state index < -0.39 is 23.4 Å². The number of aromatic nitrogens is 2. The summed E-state index contributed by atoms with van der Waals surface area (Å²) in [5, 5.41) is 0.493. The second-order valence-electron chi connectivity index (χ2n) is 7.97. The lowest BCUT2D eigenvalue weighted by Crippen LogP contribution is -2.43. The summed E-state index contributed by atoms with van der Waals surface area (Å²) >= 11 is 5.79. The van der Waals surface area contributed by atoms with E-state index in [0.717, 1.165) is 10.5 Å². The fourth-order valence-electron chi connectivity index (χ4n) is 3.69. The SMILES string of the molecule is O=C(Cn1ccc(OCc2ccc(Cl)cn2)cc1=O)c1ccc2c(c1)CN(C(=O)C(F)(F)F)CC2. The van der Waals surface area contributed by atoms with E-state index in [1.165, 1.54) is 35.2 Å². The van der Waals surface area contributed by atoms with Gasteiger partial charge in [-0.05, 0) is 41.8 Å². The first kappa shape index (κ1) is 24.5. The molecule has 1 aromatic carbocycles. The second-order valence-corrected chi connectivity index (χ2v) is 8.40. The average Bonchev–Trinajstić information content (AvgIpc) is 2.83. The van der Waals surface area contributed by atoms with Gasteiger partial charge >= 0.3 is 12.1 Å². The Hall–Kier alpha value is -3.66. The molecule has 11 heteroatoms. The molecule has 0 bridgehead atoms. The summed E-state index contributed by atoms with van der Waals surface area (Å²) in [4.78, 5) is 41.6. The first-order valence-electron chi connectivity index (χ1n) is 10.5. The summed E-state index contributed by atoms with van der Waals surface area (Å²) in [5.41, 5.74) is 1.66. The fraction of sp³-hybridized carbons (Fsp3) is 0.250. The van der Waals surface area contributed by atoms with Gasteiger partial charge in [0.1, 0.15) is 12.4 Å². The molecule has 1 aliphatic rings. The molecular weight excluding hydrogens is 487 g/mol. The molecule has 0 N–H and O–H groups in total. The minimum Gasteiger partial charge on any atom is -0.487 e. The van der Waals surface area contributed by atoms with Crippen LogP contribution in [0.3, 0.4) is 0 Å². The zero-order chi connectivity index (χ0) is 25.2. The Morgan fingerprint density at radius 3 is 2.57 bits per heavy atom. The summed E-state index contributed by atoms with van der Waals surface area (Å²) in [7, 11) is 0. The lowest BCUT2D eigenvalue weighted by Gasteiger charge is -2.29. The lowest BCUT2D eigenvalue weighted by atomic mass is 9.96. The van der Waals surface area contributed by atoms with Gasteiger partial charge in [0, 0.05) is 37.1 Å². The van der Waals surface area contributed by atoms with Gasteiger partial charge in [-0.15, -0.1) is 0 Å². The van der Waals surface area contributed by atoms with Gasteiger partial charge in [-0.2, -0.15) is 13.2 Å². The van der Waals surface area contributed by atoms with Gasteiger partial charge in [0.05, 0.1) is 17.3 Å². The number of amides is 1. The summed E-state index contributed by atoms with van der Waals surface area (Å²) in [6.07, 6.45) is -1.78. The molecule has 7 nitrogen and oxygen atoms in total. The minimum absolute atomic E-state index is 0.0451. The number of alkyl halides is 3. The van der Waals surface area contributed by atoms with Crippen molar-refractivity contribution in [3.05, 3.63) is 92.6 Å². The Labute approximate surface area is 202 Å². The Kier molecular flexibility index (Phi) is 6.93. The van der Waals surface area contributed by atoms with Crippen LogP contribution in [0.4, 0.5) is 13.2 Å². The maximum Gasteiger partial charge on any atom is 0.471 e. The van der Waals surface area contributed by atoms with Crippen LogP contribution >= 0.6 is 11.6 Å². The number of fused-ring (bicyclic) bond motifs is 1. The predicted octanol–water partition coefficient (Wildman–Crippen LogP) is 3.81. The third kappa shape index (κ3) is 5.89. The molecule has 35 heavy (non-hydrogen) atoms. The van der Waals surface area contributed by atoms with Gasteiger partial charge in [-0.1, -0.05) is 23.7 Å². The quantitative estimate of drug-likeness (QED) is 0.476. The number of halogens is 4. The van der Waals surface area contributed by atoms with Crippen molar-refractivity contribution in [2.24, 2.45) is 0 Å². The summed E-state index contributed by atoms with van der Waals surface area (Å²) in [5.74, 6) is -1.99. The standard InChI is InChI=1S/C24H19ClF3N3O4/c25-18-3-4-19(29-11-18)14-35-20-6-8-30(22(33)10-20)13-21(32)16-2-1-15-5-7-31(12-17(15)9-16)23(34)24(26,27)28/h1-4,6,8-11H,5,7,12-14H2. The van der Waals surface area contributed by atoms with E-state index >= 15 is 0 Å². The molecule has 3 heterocycles.